The number of nitrogens with zero attached hydrogens (tertiary/aromatic N) is 1. The van der Waals surface area contributed by atoms with E-state index in [2.05, 4.69) is 62.2 Å². The average Bonchev–Trinajstić information content (AvgIpc) is 2.38. The Kier molecular flexibility index (Phi) is 4.48. The van der Waals surface area contributed by atoms with E-state index in [9.17, 15) is 4.79 Å². The highest BCUT2D eigenvalue weighted by Crippen LogP contribution is 2.27. The molecule has 2 rings (SSSR count). The van der Waals surface area contributed by atoms with Gasteiger partial charge >= 0.3 is 0 Å². The van der Waals surface area contributed by atoms with Gasteiger partial charge in [-0.3, -0.25) is 4.79 Å². The van der Waals surface area contributed by atoms with Gasteiger partial charge < -0.3 is 10.2 Å². The Balaban J connectivity index is 2.14. The van der Waals surface area contributed by atoms with Gasteiger partial charge in [0.2, 0.25) is 5.91 Å². The Bertz CT molecular complexity index is 453. The number of carbonyl (C=O) groups is 1. The molecule has 0 spiro atoms. The highest BCUT2D eigenvalue weighted by molar-refractivity contribution is 5.77. The summed E-state index contributed by atoms with van der Waals surface area (Å²) in [4.78, 5) is 14.6. The van der Waals surface area contributed by atoms with E-state index in [4.69, 9.17) is 0 Å². The topological polar surface area (TPSA) is 32.3 Å². The molecule has 0 bridgehead atoms. The van der Waals surface area contributed by atoms with E-state index in [0.717, 1.165) is 13.1 Å². The number of hydrogen-bond donors (Lipinski definition) is 1. The molecule has 0 aromatic heterocycles. The van der Waals surface area contributed by atoms with Crippen molar-refractivity contribution in [3.63, 3.8) is 0 Å². The largest absolute Gasteiger partial charge is 0.334 e. The van der Waals surface area contributed by atoms with Crippen LogP contribution in [0.15, 0.2) is 30.3 Å². The van der Waals surface area contributed by atoms with Gasteiger partial charge in [-0.05, 0) is 25.3 Å². The fourth-order valence-corrected chi connectivity index (χ4v) is 2.77. The van der Waals surface area contributed by atoms with E-state index in [1.165, 1.54) is 5.56 Å². The molecule has 1 saturated heterocycles. The van der Waals surface area contributed by atoms with Gasteiger partial charge in [0.1, 0.15) is 0 Å². The van der Waals surface area contributed by atoms with Gasteiger partial charge in [0.15, 0.2) is 0 Å². The first-order chi connectivity index (χ1) is 9.40. The number of hydrogen-bond acceptors (Lipinski definition) is 2. The molecule has 20 heavy (non-hydrogen) atoms. The smallest absolute Gasteiger partial charge is 0.223 e. The molecule has 1 atom stereocenters. The van der Waals surface area contributed by atoms with E-state index in [1.54, 1.807) is 0 Å². The number of carbonyl (C=O) groups excluding carboxylic acids is 1. The lowest BCUT2D eigenvalue weighted by atomic mass is 9.93. The van der Waals surface area contributed by atoms with Crippen molar-refractivity contribution in [2.75, 3.05) is 13.1 Å². The van der Waals surface area contributed by atoms with Crippen molar-refractivity contribution in [2.24, 2.45) is 5.92 Å². The first-order valence-electron chi connectivity index (χ1n) is 7.49. The van der Waals surface area contributed by atoms with Crippen LogP contribution >= 0.6 is 0 Å². The van der Waals surface area contributed by atoms with Gasteiger partial charge in [-0.1, -0.05) is 44.2 Å². The van der Waals surface area contributed by atoms with Crippen LogP contribution in [0.4, 0.5) is 0 Å². The highest BCUT2D eigenvalue weighted by atomic mass is 16.2. The average molecular weight is 274 g/mol. The van der Waals surface area contributed by atoms with Crippen molar-refractivity contribution in [2.45, 2.75) is 45.7 Å². The molecule has 1 aliphatic heterocycles. The van der Waals surface area contributed by atoms with Gasteiger partial charge in [-0.15, -0.1) is 0 Å². The molecule has 1 aromatic carbocycles. The summed E-state index contributed by atoms with van der Waals surface area (Å²) in [6.07, 6.45) is 0.630. The van der Waals surface area contributed by atoms with Gasteiger partial charge in [0.05, 0.1) is 0 Å². The van der Waals surface area contributed by atoms with Gasteiger partial charge in [-0.2, -0.15) is 0 Å². The molecule has 0 aliphatic carbocycles. The molecule has 3 nitrogen and oxygen atoms in total. The van der Waals surface area contributed by atoms with Crippen LogP contribution in [0.3, 0.4) is 0 Å². The van der Waals surface area contributed by atoms with Crippen molar-refractivity contribution in [3.05, 3.63) is 35.9 Å². The van der Waals surface area contributed by atoms with Crippen LogP contribution in [0.1, 0.15) is 45.7 Å². The summed E-state index contributed by atoms with van der Waals surface area (Å²) in [5, 5.41) is 3.57. The molecule has 1 aromatic rings. The van der Waals surface area contributed by atoms with Crippen molar-refractivity contribution in [1.29, 1.82) is 0 Å². The Hall–Kier alpha value is -1.35. The molecule has 1 fully saturated rings. The molecular formula is C17H26N2O. The van der Waals surface area contributed by atoms with E-state index in [0.29, 0.717) is 12.3 Å². The zero-order valence-corrected chi connectivity index (χ0v) is 13.0. The molecule has 1 unspecified atom stereocenters. The minimum Gasteiger partial charge on any atom is -0.334 e. The summed E-state index contributed by atoms with van der Waals surface area (Å²) < 4.78 is 0. The number of piperazine rings is 1. The lowest BCUT2D eigenvalue weighted by molar-refractivity contribution is -0.139. The maximum absolute atomic E-state index is 12.5. The van der Waals surface area contributed by atoms with Crippen molar-refractivity contribution >= 4 is 5.91 Å². The zero-order chi connectivity index (χ0) is 14.8. The maximum atomic E-state index is 12.5. The zero-order valence-electron chi connectivity index (χ0n) is 13.0. The maximum Gasteiger partial charge on any atom is 0.223 e. The lowest BCUT2D eigenvalue weighted by Crippen LogP contribution is -2.60. The first-order valence-corrected chi connectivity index (χ1v) is 7.49. The van der Waals surface area contributed by atoms with Crippen LogP contribution in [0.2, 0.25) is 0 Å². The van der Waals surface area contributed by atoms with Crippen LogP contribution in [0, 0.1) is 5.92 Å². The second kappa shape index (κ2) is 5.96. The number of nitrogens with one attached hydrogen (secondary N) is 1. The lowest BCUT2D eigenvalue weighted by Gasteiger charge is -2.46. The summed E-state index contributed by atoms with van der Waals surface area (Å²) in [5.74, 6) is 0.677. The second-order valence-electron chi connectivity index (χ2n) is 6.76. The van der Waals surface area contributed by atoms with Crippen molar-refractivity contribution in [3.8, 4) is 0 Å². The monoisotopic (exact) mass is 274 g/mol. The van der Waals surface area contributed by atoms with Gasteiger partial charge in [-0.25, -0.2) is 0 Å². The normalized spacial score (nSPS) is 22.1. The molecule has 0 radical (unpaired) electrons. The van der Waals surface area contributed by atoms with Crippen LogP contribution in [0.25, 0.3) is 0 Å². The first kappa shape index (κ1) is 15.0. The molecular weight excluding hydrogens is 248 g/mol. The third-order valence-electron chi connectivity index (χ3n) is 3.96. The highest BCUT2D eigenvalue weighted by Gasteiger charge is 2.37. The summed E-state index contributed by atoms with van der Waals surface area (Å²) in [6.45, 7) is 10.1. The summed E-state index contributed by atoms with van der Waals surface area (Å²) in [6, 6.07) is 10.6. The van der Waals surface area contributed by atoms with E-state index in [1.807, 2.05) is 6.07 Å². The number of benzene rings is 1. The molecule has 1 heterocycles. The van der Waals surface area contributed by atoms with Crippen LogP contribution in [0.5, 0.6) is 0 Å². The minimum atomic E-state index is -0.114. The summed E-state index contributed by atoms with van der Waals surface area (Å²) >= 11 is 0. The summed E-state index contributed by atoms with van der Waals surface area (Å²) in [5.41, 5.74) is 1.14. The Morgan fingerprint density at radius 2 is 2.00 bits per heavy atom. The third kappa shape index (κ3) is 3.40. The van der Waals surface area contributed by atoms with E-state index in [-0.39, 0.29) is 17.5 Å². The van der Waals surface area contributed by atoms with Crippen molar-refractivity contribution in [1.82, 2.24) is 10.2 Å². The Morgan fingerprint density at radius 1 is 1.35 bits per heavy atom. The Labute approximate surface area is 122 Å². The fourth-order valence-electron chi connectivity index (χ4n) is 2.77. The minimum absolute atomic E-state index is 0.114. The quantitative estimate of drug-likeness (QED) is 0.919. The Morgan fingerprint density at radius 3 is 2.60 bits per heavy atom. The molecule has 1 N–H and O–H groups in total. The van der Waals surface area contributed by atoms with Crippen LogP contribution in [-0.4, -0.2) is 29.4 Å². The third-order valence-corrected chi connectivity index (χ3v) is 3.96. The predicted molar refractivity (Wildman–Crippen MR) is 82.4 cm³/mol. The second-order valence-corrected chi connectivity index (χ2v) is 6.76. The number of amides is 1. The van der Waals surface area contributed by atoms with Crippen LogP contribution in [-0.2, 0) is 4.79 Å². The SMILES string of the molecule is CC(C)CC(=O)N1CC(c2ccccc2)NCC1(C)C. The van der Waals surface area contributed by atoms with Crippen LogP contribution < -0.4 is 5.32 Å². The van der Waals surface area contributed by atoms with Crippen molar-refractivity contribution < 1.29 is 4.79 Å². The fraction of sp³-hybridized carbons (Fsp3) is 0.588. The summed E-state index contributed by atoms with van der Waals surface area (Å²) in [7, 11) is 0. The van der Waals surface area contributed by atoms with E-state index >= 15 is 0 Å². The van der Waals surface area contributed by atoms with Gasteiger partial charge in [0, 0.05) is 31.1 Å². The molecule has 1 aliphatic rings. The molecule has 3 heteroatoms. The molecule has 0 saturated carbocycles. The molecule has 1 amide bonds. The number of rotatable bonds is 3. The molecule has 110 valence electrons. The van der Waals surface area contributed by atoms with E-state index < -0.39 is 0 Å². The van der Waals surface area contributed by atoms with Gasteiger partial charge in [0.25, 0.3) is 0 Å². The predicted octanol–water partition coefficient (Wildman–Crippen LogP) is 2.98. The standard InChI is InChI=1S/C17H26N2O/c1-13(2)10-16(20)19-11-15(18-12-17(19,3)4)14-8-6-5-7-9-14/h5-9,13,15,18H,10-12H2,1-4H3.